The second kappa shape index (κ2) is 6.91. The number of rotatable bonds is 3. The largest absolute Gasteiger partial charge is 0.381 e. The van der Waals surface area contributed by atoms with E-state index in [1.807, 2.05) is 0 Å². The topological polar surface area (TPSA) is 61.8 Å². The van der Waals surface area contributed by atoms with Crippen LogP contribution >= 0.6 is 0 Å². The van der Waals surface area contributed by atoms with Gasteiger partial charge in [0.2, 0.25) is 0 Å². The maximum Gasteiger partial charge on any atom is 0.274 e. The van der Waals surface area contributed by atoms with Gasteiger partial charge in [-0.1, -0.05) is 6.92 Å². The zero-order valence-corrected chi connectivity index (χ0v) is 15.3. The predicted octanol–water partition coefficient (Wildman–Crippen LogP) is 3.04. The summed E-state index contributed by atoms with van der Waals surface area (Å²) >= 11 is 0. The summed E-state index contributed by atoms with van der Waals surface area (Å²) in [5.74, 6) is -1.01. The highest BCUT2D eigenvalue weighted by atomic mass is 19.1. The number of amides is 1. The Morgan fingerprint density at radius 3 is 2.77 bits per heavy atom. The van der Waals surface area contributed by atoms with Crippen LogP contribution < -0.4 is 5.48 Å². The lowest BCUT2D eigenvalue weighted by Gasteiger charge is -2.56. The van der Waals surface area contributed by atoms with Gasteiger partial charge in [0, 0.05) is 37.4 Å². The van der Waals surface area contributed by atoms with E-state index < -0.39 is 5.91 Å². The molecule has 1 aliphatic carbocycles. The van der Waals surface area contributed by atoms with E-state index in [1.165, 1.54) is 18.9 Å². The van der Waals surface area contributed by atoms with Crippen molar-refractivity contribution in [3.05, 3.63) is 34.6 Å². The van der Waals surface area contributed by atoms with Crippen molar-refractivity contribution in [2.75, 3.05) is 13.2 Å². The molecule has 1 aromatic carbocycles. The molecule has 2 heterocycles. The van der Waals surface area contributed by atoms with Crippen LogP contribution in [0.5, 0.6) is 0 Å². The molecular formula is C20H27FN2O3. The molecule has 1 aromatic rings. The molecule has 142 valence electrons. The smallest absolute Gasteiger partial charge is 0.274 e. The summed E-state index contributed by atoms with van der Waals surface area (Å²) in [6, 6.07) is 3.83. The molecular weight excluding hydrogens is 335 g/mol. The molecule has 0 radical (unpaired) electrons. The Hall–Kier alpha value is -1.50. The van der Waals surface area contributed by atoms with Crippen LogP contribution in [-0.2, 0) is 17.7 Å². The third kappa shape index (κ3) is 3.04. The number of nitrogens with one attached hydrogen (secondary N) is 1. The second-order valence-electron chi connectivity index (χ2n) is 8.15. The first-order valence-corrected chi connectivity index (χ1v) is 9.64. The van der Waals surface area contributed by atoms with Crippen LogP contribution in [0.3, 0.4) is 0 Å². The number of carbonyl (C=O) groups is 1. The van der Waals surface area contributed by atoms with Crippen LogP contribution in [0, 0.1) is 11.2 Å². The minimum Gasteiger partial charge on any atom is -0.381 e. The van der Waals surface area contributed by atoms with Crippen LogP contribution in [0.25, 0.3) is 0 Å². The minimum absolute atomic E-state index is 0.174. The van der Waals surface area contributed by atoms with Gasteiger partial charge in [-0.05, 0) is 67.2 Å². The van der Waals surface area contributed by atoms with E-state index in [0.717, 1.165) is 43.6 Å². The first-order valence-electron chi connectivity index (χ1n) is 9.64. The zero-order chi connectivity index (χ0) is 18.3. The highest BCUT2D eigenvalue weighted by molar-refractivity contribution is 5.93. The molecule has 2 N–H and O–H groups in total. The van der Waals surface area contributed by atoms with Crippen molar-refractivity contribution >= 4 is 5.91 Å². The fourth-order valence-corrected chi connectivity index (χ4v) is 5.13. The van der Waals surface area contributed by atoms with Crippen molar-refractivity contribution in [3.8, 4) is 0 Å². The van der Waals surface area contributed by atoms with Crippen molar-refractivity contribution in [2.45, 2.75) is 64.1 Å². The van der Waals surface area contributed by atoms with Gasteiger partial charge in [-0.3, -0.25) is 14.9 Å². The molecule has 6 heteroatoms. The fourth-order valence-electron chi connectivity index (χ4n) is 5.13. The van der Waals surface area contributed by atoms with E-state index in [-0.39, 0.29) is 11.4 Å². The molecule has 1 saturated carbocycles. The van der Waals surface area contributed by atoms with Gasteiger partial charge in [0.25, 0.3) is 5.91 Å². The highest BCUT2D eigenvalue weighted by Crippen LogP contribution is 2.52. The van der Waals surface area contributed by atoms with Gasteiger partial charge in [0.15, 0.2) is 0 Å². The number of hydrogen-bond donors (Lipinski definition) is 2. The van der Waals surface area contributed by atoms with Crippen molar-refractivity contribution in [1.82, 2.24) is 10.4 Å². The number of ether oxygens (including phenoxy) is 1. The van der Waals surface area contributed by atoms with Crippen molar-refractivity contribution in [3.63, 3.8) is 0 Å². The minimum atomic E-state index is -0.666. The Kier molecular flexibility index (Phi) is 4.75. The van der Waals surface area contributed by atoms with Crippen LogP contribution in [-0.4, -0.2) is 41.3 Å². The lowest BCUT2D eigenvalue weighted by Crippen LogP contribution is -2.57. The van der Waals surface area contributed by atoms with Crippen LogP contribution in [0.1, 0.15) is 60.5 Å². The van der Waals surface area contributed by atoms with Crippen molar-refractivity contribution in [1.29, 1.82) is 0 Å². The quantitative estimate of drug-likeness (QED) is 0.641. The predicted molar refractivity (Wildman–Crippen MR) is 94.5 cm³/mol. The second-order valence-corrected chi connectivity index (χ2v) is 8.15. The number of carbonyl (C=O) groups excluding carboxylic acids is 1. The van der Waals surface area contributed by atoms with Crippen LogP contribution in [0.4, 0.5) is 4.39 Å². The number of hydrogen-bond acceptors (Lipinski definition) is 4. The third-order valence-corrected chi connectivity index (χ3v) is 6.74. The molecule has 1 atom stereocenters. The molecule has 0 aromatic heterocycles. The zero-order valence-electron chi connectivity index (χ0n) is 15.3. The molecule has 0 bridgehead atoms. The Bertz CT molecular complexity index is 695. The van der Waals surface area contributed by atoms with Gasteiger partial charge < -0.3 is 4.74 Å². The van der Waals surface area contributed by atoms with E-state index in [9.17, 15) is 9.18 Å². The van der Waals surface area contributed by atoms with E-state index >= 15 is 0 Å². The Morgan fingerprint density at radius 1 is 1.38 bits per heavy atom. The summed E-state index contributed by atoms with van der Waals surface area (Å²) in [4.78, 5) is 14.2. The summed E-state index contributed by atoms with van der Waals surface area (Å²) in [6.45, 7) is 4.58. The molecule has 0 unspecified atom stereocenters. The molecule has 5 nitrogen and oxygen atoms in total. The van der Waals surface area contributed by atoms with Crippen LogP contribution in [0.2, 0.25) is 0 Å². The molecule has 1 amide bonds. The van der Waals surface area contributed by atoms with Gasteiger partial charge >= 0.3 is 0 Å². The average Bonchev–Trinajstić information content (AvgIpc) is 2.65. The molecule has 1 spiro atoms. The molecule has 4 rings (SSSR count). The SMILES string of the molecule is CC[C@H]1Cc2c(F)cc(C(=O)NO)cc2CN1C1CC2(CCOCC2)C1. The summed E-state index contributed by atoms with van der Waals surface area (Å²) in [5, 5.41) is 8.85. The van der Waals surface area contributed by atoms with E-state index in [2.05, 4.69) is 11.8 Å². The molecule has 3 aliphatic rings. The van der Waals surface area contributed by atoms with Crippen LogP contribution in [0.15, 0.2) is 12.1 Å². The Labute approximate surface area is 153 Å². The van der Waals surface area contributed by atoms with Gasteiger partial charge in [0.1, 0.15) is 5.82 Å². The Morgan fingerprint density at radius 2 is 2.12 bits per heavy atom. The summed E-state index contributed by atoms with van der Waals surface area (Å²) in [5.41, 5.74) is 3.82. The maximum absolute atomic E-state index is 14.6. The lowest BCUT2D eigenvalue weighted by molar-refractivity contribution is -0.0901. The standard InChI is InChI=1S/C20H27FN2O3/c1-2-15-9-17-14(7-13(8-18(17)21)19(24)22-25)12-23(15)16-10-20(11-16)3-5-26-6-4-20/h7-8,15-16,25H,2-6,9-12H2,1H3,(H,22,24)/t15-/m0/s1. The number of fused-ring (bicyclic) bond motifs is 1. The first-order chi connectivity index (χ1) is 12.5. The number of hydroxylamine groups is 1. The molecule has 26 heavy (non-hydrogen) atoms. The van der Waals surface area contributed by atoms with E-state index in [0.29, 0.717) is 30.5 Å². The highest BCUT2D eigenvalue weighted by Gasteiger charge is 2.48. The average molecular weight is 362 g/mol. The van der Waals surface area contributed by atoms with Crippen molar-refractivity contribution in [2.24, 2.45) is 5.41 Å². The van der Waals surface area contributed by atoms with Gasteiger partial charge in [-0.15, -0.1) is 0 Å². The first kappa shape index (κ1) is 17.9. The van der Waals surface area contributed by atoms with Gasteiger partial charge in [-0.25, -0.2) is 9.87 Å². The lowest BCUT2D eigenvalue weighted by atomic mass is 9.60. The van der Waals surface area contributed by atoms with Crippen molar-refractivity contribution < 1.29 is 19.1 Å². The fraction of sp³-hybridized carbons (Fsp3) is 0.650. The van der Waals surface area contributed by atoms with Gasteiger partial charge in [-0.2, -0.15) is 0 Å². The van der Waals surface area contributed by atoms with Gasteiger partial charge in [0.05, 0.1) is 0 Å². The molecule has 2 aliphatic heterocycles. The Balaban J connectivity index is 1.55. The van der Waals surface area contributed by atoms with E-state index in [4.69, 9.17) is 9.94 Å². The molecule has 1 saturated heterocycles. The van der Waals surface area contributed by atoms with E-state index in [1.54, 1.807) is 11.5 Å². The molecule has 2 fully saturated rings. The number of nitrogens with zero attached hydrogens (tertiary/aromatic N) is 1. The third-order valence-electron chi connectivity index (χ3n) is 6.74. The monoisotopic (exact) mass is 362 g/mol. The maximum atomic E-state index is 14.6. The summed E-state index contributed by atoms with van der Waals surface area (Å²) < 4.78 is 20.1. The summed E-state index contributed by atoms with van der Waals surface area (Å²) in [7, 11) is 0. The normalized spacial score (nSPS) is 25.6. The number of halogens is 1. The number of benzene rings is 1. The summed E-state index contributed by atoms with van der Waals surface area (Å²) in [6.07, 6.45) is 6.37.